The minimum atomic E-state index is -2.45. The van der Waals surface area contributed by atoms with Gasteiger partial charge in [0.1, 0.15) is 5.15 Å². The third-order valence-electron chi connectivity index (χ3n) is 1.07. The van der Waals surface area contributed by atoms with Crippen LogP contribution in [0.25, 0.3) is 0 Å². The van der Waals surface area contributed by atoms with Gasteiger partial charge in [-0.25, -0.2) is 13.8 Å². The van der Waals surface area contributed by atoms with Gasteiger partial charge < -0.3 is 4.57 Å². The third-order valence-corrected chi connectivity index (χ3v) is 1.84. The lowest BCUT2D eigenvalue weighted by Crippen LogP contribution is -2.04. The van der Waals surface area contributed by atoms with Gasteiger partial charge in [-0.05, 0) is 0 Å². The molecule has 2 nitrogen and oxygen atoms in total. The molecule has 0 fully saturated rings. The molecule has 0 aromatic carbocycles. The summed E-state index contributed by atoms with van der Waals surface area (Å²) in [4.78, 5) is 3.53. The van der Waals surface area contributed by atoms with E-state index in [1.54, 1.807) is 0 Å². The standard InChI is InChI=1S/C5H4Cl2F2N2/c6-4-5(7)11(2-10-4)1-3(8)9/h2-3H,1H2. The van der Waals surface area contributed by atoms with Gasteiger partial charge in [0.15, 0.2) is 5.15 Å². The first kappa shape index (κ1) is 8.74. The van der Waals surface area contributed by atoms with E-state index in [1.165, 1.54) is 6.33 Å². The van der Waals surface area contributed by atoms with Crippen LogP contribution in [0.5, 0.6) is 0 Å². The number of imidazole rings is 1. The number of alkyl halides is 2. The van der Waals surface area contributed by atoms with Gasteiger partial charge in [0.25, 0.3) is 6.43 Å². The van der Waals surface area contributed by atoms with E-state index in [-0.39, 0.29) is 10.3 Å². The van der Waals surface area contributed by atoms with Crippen molar-refractivity contribution in [2.75, 3.05) is 0 Å². The molecule has 0 saturated heterocycles. The summed E-state index contributed by atoms with van der Waals surface area (Å²) in [5.74, 6) is 0. The minimum Gasteiger partial charge on any atom is -0.315 e. The van der Waals surface area contributed by atoms with Gasteiger partial charge in [0.2, 0.25) is 0 Å². The van der Waals surface area contributed by atoms with Crippen LogP contribution in [0.1, 0.15) is 0 Å². The SMILES string of the molecule is FC(F)Cn1cnc(Cl)c1Cl. The van der Waals surface area contributed by atoms with Crippen molar-refractivity contribution in [3.05, 3.63) is 16.6 Å². The maximum atomic E-state index is 11.8. The molecule has 0 saturated carbocycles. The summed E-state index contributed by atoms with van der Waals surface area (Å²) in [5.41, 5.74) is 0. The Hall–Kier alpha value is -0.350. The Balaban J connectivity index is 2.79. The van der Waals surface area contributed by atoms with Crippen LogP contribution in [0.3, 0.4) is 0 Å². The van der Waals surface area contributed by atoms with Gasteiger partial charge in [-0.15, -0.1) is 0 Å². The number of hydrogen-bond donors (Lipinski definition) is 0. The number of hydrogen-bond acceptors (Lipinski definition) is 1. The van der Waals surface area contributed by atoms with E-state index in [2.05, 4.69) is 4.98 Å². The van der Waals surface area contributed by atoms with Crippen LogP contribution in [-0.2, 0) is 6.54 Å². The van der Waals surface area contributed by atoms with Crippen LogP contribution in [0, 0.1) is 0 Å². The van der Waals surface area contributed by atoms with Crippen LogP contribution in [0.15, 0.2) is 6.33 Å². The molecule has 1 aromatic heterocycles. The summed E-state index contributed by atoms with van der Waals surface area (Å²) < 4.78 is 24.6. The summed E-state index contributed by atoms with van der Waals surface area (Å²) in [6.45, 7) is -0.474. The molecular formula is C5H4Cl2F2N2. The van der Waals surface area contributed by atoms with E-state index in [0.29, 0.717) is 0 Å². The zero-order chi connectivity index (χ0) is 8.43. The molecule has 1 aromatic rings. The molecule has 0 amide bonds. The molecule has 0 atom stereocenters. The van der Waals surface area contributed by atoms with Gasteiger partial charge in [-0.3, -0.25) is 0 Å². The van der Waals surface area contributed by atoms with E-state index in [4.69, 9.17) is 23.2 Å². The van der Waals surface area contributed by atoms with Crippen molar-refractivity contribution < 1.29 is 8.78 Å². The van der Waals surface area contributed by atoms with Crippen molar-refractivity contribution in [2.45, 2.75) is 13.0 Å². The van der Waals surface area contributed by atoms with Crippen LogP contribution in [0.4, 0.5) is 8.78 Å². The van der Waals surface area contributed by atoms with E-state index in [9.17, 15) is 8.78 Å². The number of nitrogens with zero attached hydrogens (tertiary/aromatic N) is 2. The maximum absolute atomic E-state index is 11.8. The molecule has 0 bridgehead atoms. The molecule has 0 unspecified atom stereocenters. The largest absolute Gasteiger partial charge is 0.315 e. The van der Waals surface area contributed by atoms with Crippen molar-refractivity contribution in [3.63, 3.8) is 0 Å². The van der Waals surface area contributed by atoms with E-state index < -0.39 is 13.0 Å². The van der Waals surface area contributed by atoms with Gasteiger partial charge in [0, 0.05) is 0 Å². The highest BCUT2D eigenvalue weighted by Crippen LogP contribution is 2.19. The summed E-state index contributed by atoms with van der Waals surface area (Å²) >= 11 is 10.9. The molecule has 0 spiro atoms. The fourth-order valence-corrected chi connectivity index (χ4v) is 0.932. The second-order valence-corrected chi connectivity index (χ2v) is 2.59. The minimum absolute atomic E-state index is 0.0481. The third kappa shape index (κ3) is 2.04. The van der Waals surface area contributed by atoms with Crippen molar-refractivity contribution in [1.82, 2.24) is 9.55 Å². The highest BCUT2D eigenvalue weighted by molar-refractivity contribution is 6.40. The lowest BCUT2D eigenvalue weighted by atomic mass is 10.6. The predicted octanol–water partition coefficient (Wildman–Crippen LogP) is 2.46. The Labute approximate surface area is 71.7 Å². The average Bonchev–Trinajstić information content (AvgIpc) is 2.18. The van der Waals surface area contributed by atoms with Crippen LogP contribution in [0.2, 0.25) is 10.3 Å². The van der Waals surface area contributed by atoms with Crippen molar-refractivity contribution in [1.29, 1.82) is 0 Å². The lowest BCUT2D eigenvalue weighted by Gasteiger charge is -2.00. The van der Waals surface area contributed by atoms with Crippen LogP contribution < -0.4 is 0 Å². The highest BCUT2D eigenvalue weighted by Gasteiger charge is 2.09. The summed E-state index contributed by atoms with van der Waals surface area (Å²) in [6, 6.07) is 0. The first-order valence-electron chi connectivity index (χ1n) is 2.75. The second kappa shape index (κ2) is 3.36. The van der Waals surface area contributed by atoms with Crippen molar-refractivity contribution in [2.24, 2.45) is 0 Å². The summed E-state index contributed by atoms with van der Waals surface area (Å²) in [6.07, 6.45) is -1.27. The first-order chi connectivity index (χ1) is 5.11. The molecule has 0 aliphatic carbocycles. The second-order valence-electron chi connectivity index (χ2n) is 1.87. The Kier molecular flexibility index (Phi) is 2.67. The highest BCUT2D eigenvalue weighted by atomic mass is 35.5. The Morgan fingerprint density at radius 1 is 1.55 bits per heavy atom. The topological polar surface area (TPSA) is 17.8 Å². The van der Waals surface area contributed by atoms with E-state index >= 15 is 0 Å². The molecule has 6 heteroatoms. The van der Waals surface area contributed by atoms with Crippen molar-refractivity contribution >= 4 is 23.2 Å². The van der Waals surface area contributed by atoms with E-state index in [0.717, 1.165) is 4.57 Å². The molecule has 1 heterocycles. The molecule has 0 aliphatic heterocycles. The van der Waals surface area contributed by atoms with Crippen LogP contribution in [-0.4, -0.2) is 16.0 Å². The predicted molar refractivity (Wildman–Crippen MR) is 38.3 cm³/mol. The smallest absolute Gasteiger partial charge is 0.256 e. The lowest BCUT2D eigenvalue weighted by molar-refractivity contribution is 0.126. The zero-order valence-electron chi connectivity index (χ0n) is 5.27. The Morgan fingerprint density at radius 2 is 2.18 bits per heavy atom. The van der Waals surface area contributed by atoms with Crippen molar-refractivity contribution in [3.8, 4) is 0 Å². The average molecular weight is 201 g/mol. The normalized spacial score (nSPS) is 11.0. The van der Waals surface area contributed by atoms with Gasteiger partial charge in [-0.2, -0.15) is 0 Å². The quantitative estimate of drug-likeness (QED) is 0.718. The Morgan fingerprint density at radius 3 is 2.55 bits per heavy atom. The van der Waals surface area contributed by atoms with E-state index in [1.807, 2.05) is 0 Å². The molecule has 62 valence electrons. The Bertz CT molecular complexity index is 249. The van der Waals surface area contributed by atoms with Gasteiger partial charge >= 0.3 is 0 Å². The fourth-order valence-electron chi connectivity index (χ4n) is 0.619. The molecular weight excluding hydrogens is 197 g/mol. The zero-order valence-corrected chi connectivity index (χ0v) is 6.78. The fraction of sp³-hybridized carbons (Fsp3) is 0.400. The molecule has 11 heavy (non-hydrogen) atoms. The van der Waals surface area contributed by atoms with Gasteiger partial charge in [-0.1, -0.05) is 23.2 Å². The number of rotatable bonds is 2. The summed E-state index contributed by atoms with van der Waals surface area (Å²) in [7, 11) is 0. The number of aromatic nitrogens is 2. The van der Waals surface area contributed by atoms with Crippen LogP contribution >= 0.6 is 23.2 Å². The number of halogens is 4. The maximum Gasteiger partial charge on any atom is 0.256 e. The molecule has 0 radical (unpaired) electrons. The molecule has 0 N–H and O–H groups in total. The summed E-state index contributed by atoms with van der Waals surface area (Å²) in [5, 5.41) is 0.0966. The molecule has 1 rings (SSSR count). The van der Waals surface area contributed by atoms with Gasteiger partial charge in [0.05, 0.1) is 12.9 Å². The monoisotopic (exact) mass is 200 g/mol. The first-order valence-corrected chi connectivity index (χ1v) is 3.51. The molecule has 0 aliphatic rings.